The largest absolute Gasteiger partial charge is 0.497 e. The summed E-state index contributed by atoms with van der Waals surface area (Å²) >= 11 is 0. The normalized spacial score (nSPS) is 10.7. The van der Waals surface area contributed by atoms with Crippen LogP contribution in [0.2, 0.25) is 0 Å². The van der Waals surface area contributed by atoms with E-state index in [0.717, 1.165) is 55.7 Å². The van der Waals surface area contributed by atoms with Crippen LogP contribution in [0.3, 0.4) is 0 Å². The second kappa shape index (κ2) is 13.9. The molecule has 2 aromatic rings. The standard InChI is InChI=1S/C22H31N3O3.HI/c1-5-23-22(24-14-12-17-6-9-19(26-2)10-7-17)25-15-13-18-8-11-20(27-3)21(16-18)28-4;/h6-11,16H,5,12-15H2,1-4H3,(H2,23,24,25);1H. The van der Waals surface area contributed by atoms with E-state index in [2.05, 4.69) is 40.7 Å². The zero-order valence-corrected chi connectivity index (χ0v) is 20.0. The number of guanidine groups is 1. The van der Waals surface area contributed by atoms with Crippen LogP contribution in [-0.2, 0) is 12.8 Å². The number of hydrogen-bond acceptors (Lipinski definition) is 4. The molecule has 0 aliphatic heterocycles. The third kappa shape index (κ3) is 8.39. The van der Waals surface area contributed by atoms with Crippen LogP contribution in [0.5, 0.6) is 17.2 Å². The maximum Gasteiger partial charge on any atom is 0.191 e. The highest BCUT2D eigenvalue weighted by atomic mass is 127. The smallest absolute Gasteiger partial charge is 0.191 e. The van der Waals surface area contributed by atoms with Gasteiger partial charge in [0.25, 0.3) is 0 Å². The van der Waals surface area contributed by atoms with E-state index in [1.807, 2.05) is 24.3 Å². The summed E-state index contributed by atoms with van der Waals surface area (Å²) in [6.45, 7) is 4.39. The highest BCUT2D eigenvalue weighted by molar-refractivity contribution is 14.0. The maximum atomic E-state index is 5.36. The van der Waals surface area contributed by atoms with Gasteiger partial charge in [0.15, 0.2) is 17.5 Å². The van der Waals surface area contributed by atoms with Gasteiger partial charge in [-0.2, -0.15) is 0 Å². The molecule has 0 radical (unpaired) electrons. The van der Waals surface area contributed by atoms with Gasteiger partial charge in [-0.15, -0.1) is 24.0 Å². The summed E-state index contributed by atoms with van der Waals surface area (Å²) in [6, 6.07) is 14.1. The van der Waals surface area contributed by atoms with E-state index in [4.69, 9.17) is 14.2 Å². The van der Waals surface area contributed by atoms with E-state index in [1.165, 1.54) is 11.1 Å². The van der Waals surface area contributed by atoms with Crippen molar-refractivity contribution < 1.29 is 14.2 Å². The summed E-state index contributed by atoms with van der Waals surface area (Å²) in [4.78, 5) is 4.66. The Hall–Kier alpha value is -2.16. The topological polar surface area (TPSA) is 64.1 Å². The molecule has 0 aliphatic rings. The van der Waals surface area contributed by atoms with Gasteiger partial charge in [-0.3, -0.25) is 4.99 Å². The molecule has 7 heteroatoms. The first-order chi connectivity index (χ1) is 13.7. The number of nitrogens with zero attached hydrogens (tertiary/aromatic N) is 1. The second-order valence-electron chi connectivity index (χ2n) is 6.22. The molecule has 2 N–H and O–H groups in total. The van der Waals surface area contributed by atoms with Crippen LogP contribution in [-0.4, -0.2) is 46.9 Å². The van der Waals surface area contributed by atoms with Crippen molar-refractivity contribution in [2.75, 3.05) is 41.0 Å². The quantitative estimate of drug-likeness (QED) is 0.289. The number of nitrogens with one attached hydrogen (secondary N) is 2. The van der Waals surface area contributed by atoms with Crippen molar-refractivity contribution >= 4 is 29.9 Å². The molecule has 6 nitrogen and oxygen atoms in total. The predicted octanol–water partition coefficient (Wildman–Crippen LogP) is 3.67. The fourth-order valence-corrected chi connectivity index (χ4v) is 2.79. The van der Waals surface area contributed by atoms with Crippen LogP contribution in [0.15, 0.2) is 47.5 Å². The van der Waals surface area contributed by atoms with E-state index in [1.54, 1.807) is 21.3 Å². The highest BCUT2D eigenvalue weighted by Crippen LogP contribution is 2.27. The number of methoxy groups -OCH3 is 3. The Kier molecular flexibility index (Phi) is 11.9. The first kappa shape index (κ1) is 24.9. The average Bonchev–Trinajstić information content (AvgIpc) is 2.74. The van der Waals surface area contributed by atoms with E-state index >= 15 is 0 Å². The Labute approximate surface area is 191 Å². The van der Waals surface area contributed by atoms with Crippen molar-refractivity contribution in [2.45, 2.75) is 19.8 Å². The van der Waals surface area contributed by atoms with Gasteiger partial charge >= 0.3 is 0 Å². The van der Waals surface area contributed by atoms with Crippen LogP contribution < -0.4 is 24.8 Å². The molecule has 29 heavy (non-hydrogen) atoms. The van der Waals surface area contributed by atoms with Gasteiger partial charge < -0.3 is 24.8 Å². The third-order valence-corrected chi connectivity index (χ3v) is 4.33. The summed E-state index contributed by atoms with van der Waals surface area (Å²) in [7, 11) is 4.97. The molecule has 160 valence electrons. The van der Waals surface area contributed by atoms with Crippen molar-refractivity contribution in [3.63, 3.8) is 0 Å². The van der Waals surface area contributed by atoms with Crippen molar-refractivity contribution in [2.24, 2.45) is 4.99 Å². The summed E-state index contributed by atoms with van der Waals surface area (Å²) in [6.07, 6.45) is 1.75. The van der Waals surface area contributed by atoms with Crippen molar-refractivity contribution in [3.05, 3.63) is 53.6 Å². The number of benzene rings is 2. The van der Waals surface area contributed by atoms with Crippen LogP contribution in [0.4, 0.5) is 0 Å². The monoisotopic (exact) mass is 513 g/mol. The molecule has 2 rings (SSSR count). The van der Waals surface area contributed by atoms with Crippen molar-refractivity contribution in [3.8, 4) is 17.2 Å². The van der Waals surface area contributed by atoms with Crippen LogP contribution in [0.1, 0.15) is 18.1 Å². The fourth-order valence-electron chi connectivity index (χ4n) is 2.79. The number of hydrogen-bond donors (Lipinski definition) is 2. The van der Waals surface area contributed by atoms with Gasteiger partial charge in [0, 0.05) is 19.6 Å². The molecule has 0 atom stereocenters. The molecular weight excluding hydrogens is 481 g/mol. The molecule has 0 aliphatic carbocycles. The highest BCUT2D eigenvalue weighted by Gasteiger charge is 2.05. The Balaban J connectivity index is 0.00000420. The third-order valence-electron chi connectivity index (χ3n) is 4.33. The first-order valence-electron chi connectivity index (χ1n) is 9.56. The lowest BCUT2D eigenvalue weighted by Crippen LogP contribution is -2.38. The average molecular weight is 513 g/mol. The molecule has 0 saturated heterocycles. The van der Waals surface area contributed by atoms with Crippen LogP contribution in [0, 0.1) is 0 Å². The SMILES string of the molecule is CCNC(=NCCc1ccc(OC)cc1)NCCc1ccc(OC)c(OC)c1.I. The minimum Gasteiger partial charge on any atom is -0.497 e. The zero-order valence-electron chi connectivity index (χ0n) is 17.7. The Morgan fingerprint density at radius 3 is 2.14 bits per heavy atom. The summed E-state index contributed by atoms with van der Waals surface area (Å²) in [5.41, 5.74) is 2.42. The molecule has 0 amide bonds. The summed E-state index contributed by atoms with van der Waals surface area (Å²) in [5.74, 6) is 3.20. The zero-order chi connectivity index (χ0) is 20.2. The number of halogens is 1. The minimum atomic E-state index is 0. The molecule has 0 saturated carbocycles. The lowest BCUT2D eigenvalue weighted by Gasteiger charge is -2.13. The number of ether oxygens (including phenoxy) is 3. The van der Waals surface area contributed by atoms with Crippen molar-refractivity contribution in [1.82, 2.24) is 10.6 Å². The van der Waals surface area contributed by atoms with Gasteiger partial charge in [0.05, 0.1) is 21.3 Å². The van der Waals surface area contributed by atoms with Crippen LogP contribution in [0.25, 0.3) is 0 Å². The molecule has 0 spiro atoms. The molecule has 0 bridgehead atoms. The van der Waals surface area contributed by atoms with Gasteiger partial charge in [-0.25, -0.2) is 0 Å². The van der Waals surface area contributed by atoms with E-state index in [9.17, 15) is 0 Å². The lowest BCUT2D eigenvalue weighted by atomic mass is 10.1. The van der Waals surface area contributed by atoms with E-state index < -0.39 is 0 Å². The molecule has 2 aromatic carbocycles. The second-order valence-corrected chi connectivity index (χ2v) is 6.22. The van der Waals surface area contributed by atoms with E-state index in [0.29, 0.717) is 0 Å². The first-order valence-corrected chi connectivity index (χ1v) is 9.56. The van der Waals surface area contributed by atoms with Crippen molar-refractivity contribution in [1.29, 1.82) is 0 Å². The molecular formula is C22H32IN3O3. The van der Waals surface area contributed by atoms with E-state index in [-0.39, 0.29) is 24.0 Å². The molecule has 0 unspecified atom stereocenters. The fraction of sp³-hybridized carbons (Fsp3) is 0.409. The lowest BCUT2D eigenvalue weighted by molar-refractivity contribution is 0.354. The molecule has 0 fully saturated rings. The minimum absolute atomic E-state index is 0. The van der Waals surface area contributed by atoms with Gasteiger partial charge in [-0.05, 0) is 55.2 Å². The van der Waals surface area contributed by atoms with Crippen LogP contribution >= 0.6 is 24.0 Å². The van der Waals surface area contributed by atoms with Gasteiger partial charge in [-0.1, -0.05) is 18.2 Å². The van der Waals surface area contributed by atoms with Gasteiger partial charge in [0.1, 0.15) is 5.75 Å². The Morgan fingerprint density at radius 1 is 0.828 bits per heavy atom. The summed E-state index contributed by atoms with van der Waals surface area (Å²) < 4.78 is 15.8. The Bertz CT molecular complexity index is 751. The van der Waals surface area contributed by atoms with Gasteiger partial charge in [0.2, 0.25) is 0 Å². The predicted molar refractivity (Wildman–Crippen MR) is 129 cm³/mol. The Morgan fingerprint density at radius 2 is 1.52 bits per heavy atom. The molecule has 0 aromatic heterocycles. The summed E-state index contributed by atoms with van der Waals surface area (Å²) in [5, 5.41) is 6.67. The maximum absolute atomic E-state index is 5.36. The number of rotatable bonds is 10. The molecule has 0 heterocycles. The number of aliphatic imine (C=N–C) groups is 1.